The average molecular weight is 278 g/mol. The van der Waals surface area contributed by atoms with Crippen LogP contribution in [0.3, 0.4) is 0 Å². The van der Waals surface area contributed by atoms with E-state index < -0.39 is 26.2 Å². The molecule has 19 heavy (non-hydrogen) atoms. The average Bonchev–Trinajstić information content (AvgIpc) is 2.27. The van der Waals surface area contributed by atoms with Gasteiger partial charge in [0.25, 0.3) is 0 Å². The van der Waals surface area contributed by atoms with Crippen molar-refractivity contribution in [2.45, 2.75) is 23.6 Å². The lowest BCUT2D eigenvalue weighted by Crippen LogP contribution is -2.05. The van der Waals surface area contributed by atoms with Crippen molar-refractivity contribution >= 4 is 9.84 Å². The Hall–Kier alpha value is -2.01. The highest BCUT2D eigenvalue weighted by atomic mass is 32.2. The van der Waals surface area contributed by atoms with Gasteiger partial charge in [0.05, 0.1) is 4.90 Å². The standard InChI is InChI=1S/C14H14O4S/c1-9-6-7-13(10(2)8-9)19(17,18)14-11(15)4-3-5-12(14)16/h3-8,15-16H,1-2H3. The second-order valence-corrected chi connectivity index (χ2v) is 6.25. The zero-order valence-electron chi connectivity index (χ0n) is 10.6. The van der Waals surface area contributed by atoms with Crippen LogP contribution in [0.15, 0.2) is 46.2 Å². The van der Waals surface area contributed by atoms with Gasteiger partial charge in [-0.05, 0) is 37.6 Å². The highest BCUT2D eigenvalue weighted by molar-refractivity contribution is 7.91. The Labute approximate surface area is 111 Å². The van der Waals surface area contributed by atoms with Gasteiger partial charge < -0.3 is 10.2 Å². The molecule has 2 aromatic carbocycles. The number of hydrogen-bond donors (Lipinski definition) is 2. The number of aromatic hydroxyl groups is 2. The van der Waals surface area contributed by atoms with Crippen molar-refractivity contribution in [2.24, 2.45) is 0 Å². The lowest BCUT2D eigenvalue weighted by atomic mass is 10.2. The van der Waals surface area contributed by atoms with Gasteiger partial charge in [0.15, 0.2) is 4.90 Å². The van der Waals surface area contributed by atoms with Crippen LogP contribution in [-0.4, -0.2) is 18.6 Å². The molecule has 0 aliphatic heterocycles. The second kappa shape index (κ2) is 4.59. The van der Waals surface area contributed by atoms with Crippen LogP contribution in [0, 0.1) is 13.8 Å². The van der Waals surface area contributed by atoms with Gasteiger partial charge >= 0.3 is 0 Å². The monoisotopic (exact) mass is 278 g/mol. The van der Waals surface area contributed by atoms with E-state index >= 15 is 0 Å². The molecule has 2 rings (SSSR count). The van der Waals surface area contributed by atoms with Gasteiger partial charge in [-0.2, -0.15) is 0 Å². The summed E-state index contributed by atoms with van der Waals surface area (Å²) in [6.07, 6.45) is 0. The van der Waals surface area contributed by atoms with E-state index in [0.717, 1.165) is 5.56 Å². The minimum absolute atomic E-state index is 0.0786. The third-order valence-electron chi connectivity index (χ3n) is 2.86. The normalized spacial score (nSPS) is 11.5. The summed E-state index contributed by atoms with van der Waals surface area (Å²) in [5.41, 5.74) is 1.51. The summed E-state index contributed by atoms with van der Waals surface area (Å²) in [5, 5.41) is 19.4. The van der Waals surface area contributed by atoms with Crippen molar-refractivity contribution in [1.82, 2.24) is 0 Å². The lowest BCUT2D eigenvalue weighted by Gasteiger charge is -2.11. The summed E-state index contributed by atoms with van der Waals surface area (Å²) in [7, 11) is -3.95. The van der Waals surface area contributed by atoms with Gasteiger partial charge in [-0.25, -0.2) is 8.42 Å². The number of aryl methyl sites for hydroxylation is 2. The van der Waals surface area contributed by atoms with Crippen LogP contribution < -0.4 is 0 Å². The van der Waals surface area contributed by atoms with Crippen molar-refractivity contribution < 1.29 is 18.6 Å². The van der Waals surface area contributed by atoms with Crippen molar-refractivity contribution in [1.29, 1.82) is 0 Å². The van der Waals surface area contributed by atoms with Crippen LogP contribution in [0.4, 0.5) is 0 Å². The van der Waals surface area contributed by atoms with E-state index in [9.17, 15) is 18.6 Å². The fourth-order valence-corrected chi connectivity index (χ4v) is 3.64. The molecule has 2 N–H and O–H groups in total. The molecule has 0 unspecified atom stereocenters. The summed E-state index contributed by atoms with van der Waals surface area (Å²) >= 11 is 0. The first-order chi connectivity index (χ1) is 8.84. The van der Waals surface area contributed by atoms with Gasteiger partial charge in [-0.1, -0.05) is 23.8 Å². The first-order valence-corrected chi connectivity index (χ1v) is 7.15. The van der Waals surface area contributed by atoms with Crippen molar-refractivity contribution in [2.75, 3.05) is 0 Å². The molecule has 0 heterocycles. The van der Waals surface area contributed by atoms with Crippen LogP contribution in [0.5, 0.6) is 11.5 Å². The maximum Gasteiger partial charge on any atom is 0.214 e. The maximum absolute atomic E-state index is 12.5. The van der Waals surface area contributed by atoms with Gasteiger partial charge in [0, 0.05) is 0 Å². The van der Waals surface area contributed by atoms with Crippen LogP contribution >= 0.6 is 0 Å². The Morgan fingerprint density at radius 2 is 1.53 bits per heavy atom. The first-order valence-electron chi connectivity index (χ1n) is 5.67. The summed E-state index contributed by atoms with van der Waals surface area (Å²) in [6, 6.07) is 8.74. The predicted octanol–water partition coefficient (Wildman–Crippen LogP) is 2.55. The van der Waals surface area contributed by atoms with Crippen molar-refractivity contribution in [3.8, 4) is 11.5 Å². The number of benzene rings is 2. The van der Waals surface area contributed by atoms with E-state index in [1.165, 1.54) is 24.3 Å². The second-order valence-electron chi connectivity index (χ2n) is 4.40. The van der Waals surface area contributed by atoms with Crippen LogP contribution in [0.2, 0.25) is 0 Å². The molecular weight excluding hydrogens is 264 g/mol. The third kappa shape index (κ3) is 2.29. The van der Waals surface area contributed by atoms with Gasteiger partial charge in [0.2, 0.25) is 9.84 Å². The zero-order chi connectivity index (χ0) is 14.2. The Morgan fingerprint density at radius 1 is 0.947 bits per heavy atom. The molecule has 0 aliphatic rings. The molecule has 5 heteroatoms. The molecule has 2 aromatic rings. The van der Waals surface area contributed by atoms with E-state index in [1.54, 1.807) is 19.1 Å². The fraction of sp³-hybridized carbons (Fsp3) is 0.143. The third-order valence-corrected chi connectivity index (χ3v) is 4.85. The fourth-order valence-electron chi connectivity index (χ4n) is 2.00. The molecule has 0 amide bonds. The summed E-state index contributed by atoms with van der Waals surface area (Å²) in [5.74, 6) is -0.917. The molecule has 0 radical (unpaired) electrons. The SMILES string of the molecule is Cc1ccc(S(=O)(=O)c2c(O)cccc2O)c(C)c1. The number of hydrogen-bond acceptors (Lipinski definition) is 4. The molecule has 0 atom stereocenters. The Morgan fingerprint density at radius 3 is 2.05 bits per heavy atom. The largest absolute Gasteiger partial charge is 0.506 e. The summed E-state index contributed by atoms with van der Waals surface area (Å²) in [4.78, 5) is -0.378. The smallest absolute Gasteiger partial charge is 0.214 e. The molecular formula is C14H14O4S. The van der Waals surface area contributed by atoms with E-state index in [0.29, 0.717) is 5.56 Å². The van der Waals surface area contributed by atoms with Gasteiger partial charge in [0.1, 0.15) is 11.5 Å². The Balaban J connectivity index is 2.73. The molecule has 4 nitrogen and oxygen atoms in total. The molecule has 0 saturated heterocycles. The number of phenols is 2. The Bertz CT molecular complexity index is 713. The van der Waals surface area contributed by atoms with Crippen LogP contribution in [0.1, 0.15) is 11.1 Å². The minimum Gasteiger partial charge on any atom is -0.506 e. The molecule has 0 fully saturated rings. The highest BCUT2D eigenvalue weighted by Crippen LogP contribution is 2.36. The summed E-state index contributed by atoms with van der Waals surface area (Å²) < 4.78 is 25.0. The van der Waals surface area contributed by atoms with Crippen molar-refractivity contribution in [3.63, 3.8) is 0 Å². The van der Waals surface area contributed by atoms with Crippen molar-refractivity contribution in [3.05, 3.63) is 47.5 Å². The highest BCUT2D eigenvalue weighted by Gasteiger charge is 2.26. The zero-order valence-corrected chi connectivity index (χ0v) is 11.4. The maximum atomic E-state index is 12.5. The topological polar surface area (TPSA) is 74.6 Å². The van der Waals surface area contributed by atoms with Crippen LogP contribution in [-0.2, 0) is 9.84 Å². The quantitative estimate of drug-likeness (QED) is 0.885. The predicted molar refractivity (Wildman–Crippen MR) is 71.1 cm³/mol. The molecule has 0 aliphatic carbocycles. The number of phenolic OH excluding ortho intramolecular Hbond substituents is 2. The van der Waals surface area contributed by atoms with Gasteiger partial charge in [-0.15, -0.1) is 0 Å². The summed E-state index contributed by atoms with van der Waals surface area (Å²) in [6.45, 7) is 3.54. The molecule has 100 valence electrons. The minimum atomic E-state index is -3.95. The van der Waals surface area contributed by atoms with E-state index in [4.69, 9.17) is 0 Å². The lowest BCUT2D eigenvalue weighted by molar-refractivity contribution is 0.423. The Kier molecular flexibility index (Phi) is 3.24. The first kappa shape index (κ1) is 13.4. The molecule has 0 bridgehead atoms. The van der Waals surface area contributed by atoms with Crippen LogP contribution in [0.25, 0.3) is 0 Å². The molecule has 0 spiro atoms. The van der Waals surface area contributed by atoms with E-state index in [2.05, 4.69) is 0 Å². The number of sulfone groups is 1. The van der Waals surface area contributed by atoms with E-state index in [1.807, 2.05) is 6.92 Å². The van der Waals surface area contributed by atoms with E-state index in [-0.39, 0.29) is 4.90 Å². The molecule has 0 aromatic heterocycles. The molecule has 0 saturated carbocycles. The van der Waals surface area contributed by atoms with Gasteiger partial charge in [-0.3, -0.25) is 0 Å². The number of rotatable bonds is 2.